The molecule has 2 aromatic carbocycles. The lowest BCUT2D eigenvalue weighted by molar-refractivity contribution is 0.0699. The molecule has 0 fully saturated rings. The van der Waals surface area contributed by atoms with Crippen LogP contribution in [0.3, 0.4) is 0 Å². The number of rotatable bonds is 6. The zero-order chi connectivity index (χ0) is 20.6. The fraction of sp³-hybridized carbons (Fsp3) is 0.333. The number of fused-ring (bicyclic) bond motifs is 1. The minimum absolute atomic E-state index is 0.147. The van der Waals surface area contributed by atoms with Crippen LogP contribution in [0.2, 0.25) is 10.0 Å². The van der Waals surface area contributed by atoms with Gasteiger partial charge in [-0.15, -0.1) is 0 Å². The van der Waals surface area contributed by atoms with E-state index < -0.39 is 5.97 Å². The molecule has 3 rings (SSSR count). The molecule has 28 heavy (non-hydrogen) atoms. The highest BCUT2D eigenvalue weighted by molar-refractivity contribution is 6.35. The van der Waals surface area contributed by atoms with Gasteiger partial charge in [0.15, 0.2) is 5.75 Å². The van der Waals surface area contributed by atoms with Crippen molar-refractivity contribution in [2.75, 3.05) is 0 Å². The van der Waals surface area contributed by atoms with Crippen molar-refractivity contribution in [1.82, 2.24) is 9.55 Å². The van der Waals surface area contributed by atoms with Crippen LogP contribution in [0.4, 0.5) is 0 Å². The number of aromatic nitrogens is 2. The summed E-state index contributed by atoms with van der Waals surface area (Å²) in [6.45, 7) is 6.08. The van der Waals surface area contributed by atoms with Crippen molar-refractivity contribution in [3.8, 4) is 11.8 Å². The van der Waals surface area contributed by atoms with Gasteiger partial charge < -0.3 is 9.84 Å². The van der Waals surface area contributed by atoms with Crippen LogP contribution in [0.25, 0.3) is 11.0 Å². The predicted molar refractivity (Wildman–Crippen MR) is 112 cm³/mol. The topological polar surface area (TPSA) is 64.3 Å². The van der Waals surface area contributed by atoms with E-state index in [1.165, 1.54) is 0 Å². The van der Waals surface area contributed by atoms with Gasteiger partial charge in [-0.05, 0) is 55.0 Å². The van der Waals surface area contributed by atoms with Gasteiger partial charge in [0, 0.05) is 12.1 Å². The number of carboxylic acids is 1. The van der Waals surface area contributed by atoms with Crippen LogP contribution in [-0.4, -0.2) is 20.6 Å². The van der Waals surface area contributed by atoms with Crippen LogP contribution < -0.4 is 4.74 Å². The molecule has 0 saturated carbocycles. The number of imidazole rings is 1. The van der Waals surface area contributed by atoms with Gasteiger partial charge in [0.05, 0.1) is 16.1 Å². The van der Waals surface area contributed by atoms with Crippen LogP contribution in [0, 0.1) is 6.92 Å². The highest BCUT2D eigenvalue weighted by Gasteiger charge is 2.23. The average molecular weight is 421 g/mol. The molecule has 0 atom stereocenters. The molecule has 0 spiro atoms. The normalized spacial score (nSPS) is 11.4. The van der Waals surface area contributed by atoms with E-state index in [1.807, 2.05) is 20.0 Å². The van der Waals surface area contributed by atoms with Gasteiger partial charge in [-0.1, -0.05) is 43.1 Å². The molecule has 1 aromatic heterocycles. The molecule has 0 amide bonds. The largest absolute Gasteiger partial charge is 0.478 e. The number of benzene rings is 2. The summed E-state index contributed by atoms with van der Waals surface area (Å²) in [5, 5.41) is 10.5. The van der Waals surface area contributed by atoms with E-state index >= 15 is 0 Å². The Balaban J connectivity index is 2.23. The summed E-state index contributed by atoms with van der Waals surface area (Å²) in [4.78, 5) is 16.2. The second kappa shape index (κ2) is 8.02. The Morgan fingerprint density at radius 2 is 1.93 bits per heavy atom. The minimum Gasteiger partial charge on any atom is -0.478 e. The summed E-state index contributed by atoms with van der Waals surface area (Å²) in [6.07, 6.45) is 1.89. The second-order valence-electron chi connectivity index (χ2n) is 6.81. The van der Waals surface area contributed by atoms with Crippen molar-refractivity contribution in [2.24, 2.45) is 7.05 Å². The highest BCUT2D eigenvalue weighted by atomic mass is 35.5. The number of nitrogens with zero attached hydrogens (tertiary/aromatic N) is 2. The fourth-order valence-electron chi connectivity index (χ4n) is 3.56. The molecule has 148 valence electrons. The van der Waals surface area contributed by atoms with E-state index in [2.05, 4.69) is 18.8 Å². The standard InChI is InChI=1S/C21H22Cl2N2O3/c1-5-12(6-2)14-7-8-15(20(26)27)17-18(14)25(4)21(24-17)28-19-11(3)9-13(22)10-16(19)23/h7-10,12H,5-6H2,1-4H3,(H,26,27). The first-order chi connectivity index (χ1) is 13.3. The molecule has 5 nitrogen and oxygen atoms in total. The first-order valence-electron chi connectivity index (χ1n) is 9.14. The molecule has 0 aliphatic rings. The third-order valence-electron chi connectivity index (χ3n) is 5.06. The maximum absolute atomic E-state index is 11.7. The fourth-order valence-corrected chi connectivity index (χ4v) is 4.19. The first-order valence-corrected chi connectivity index (χ1v) is 9.90. The van der Waals surface area contributed by atoms with Gasteiger partial charge in [-0.3, -0.25) is 4.57 Å². The molecule has 7 heteroatoms. The van der Waals surface area contributed by atoms with Crippen LogP contribution in [-0.2, 0) is 7.05 Å². The van der Waals surface area contributed by atoms with Crippen molar-refractivity contribution in [3.63, 3.8) is 0 Å². The van der Waals surface area contributed by atoms with E-state index in [0.29, 0.717) is 27.2 Å². The lowest BCUT2D eigenvalue weighted by atomic mass is 9.91. The van der Waals surface area contributed by atoms with Gasteiger partial charge in [-0.25, -0.2) is 4.79 Å². The van der Waals surface area contributed by atoms with Crippen molar-refractivity contribution >= 4 is 40.2 Å². The number of carboxylic acid groups (broad SMARTS) is 1. The monoisotopic (exact) mass is 420 g/mol. The summed E-state index contributed by atoms with van der Waals surface area (Å²) in [6, 6.07) is 7.14. The molecule has 1 heterocycles. The molecular weight excluding hydrogens is 399 g/mol. The first kappa shape index (κ1) is 20.5. The van der Waals surface area contributed by atoms with E-state index in [-0.39, 0.29) is 11.6 Å². The van der Waals surface area contributed by atoms with Crippen molar-refractivity contribution in [2.45, 2.75) is 39.5 Å². The molecular formula is C21H22Cl2N2O3. The average Bonchev–Trinajstić information content (AvgIpc) is 2.95. The van der Waals surface area contributed by atoms with Gasteiger partial charge >= 0.3 is 12.0 Å². The minimum atomic E-state index is -1.02. The molecule has 0 saturated heterocycles. The Labute approximate surface area is 173 Å². The van der Waals surface area contributed by atoms with Gasteiger partial charge in [-0.2, -0.15) is 4.98 Å². The number of aryl methyl sites for hydroxylation is 2. The van der Waals surface area contributed by atoms with Crippen LogP contribution >= 0.6 is 23.2 Å². The molecule has 0 aliphatic carbocycles. The number of ether oxygens (including phenoxy) is 1. The third-order valence-corrected chi connectivity index (χ3v) is 5.55. The highest BCUT2D eigenvalue weighted by Crippen LogP contribution is 2.38. The van der Waals surface area contributed by atoms with Gasteiger partial charge in [0.2, 0.25) is 0 Å². The number of hydrogen-bond donors (Lipinski definition) is 1. The summed E-state index contributed by atoms with van der Waals surface area (Å²) in [7, 11) is 1.82. The van der Waals surface area contributed by atoms with Crippen LogP contribution in [0.1, 0.15) is 54.1 Å². The Morgan fingerprint density at radius 3 is 2.50 bits per heavy atom. The summed E-state index contributed by atoms with van der Waals surface area (Å²) < 4.78 is 7.81. The number of carbonyl (C=O) groups is 1. The maximum Gasteiger partial charge on any atom is 0.337 e. The maximum atomic E-state index is 11.7. The SMILES string of the molecule is CCC(CC)c1ccc(C(=O)O)c2nc(Oc3c(C)cc(Cl)cc3Cl)n(C)c12. The van der Waals surface area contributed by atoms with Crippen LogP contribution in [0.5, 0.6) is 11.8 Å². The van der Waals surface area contributed by atoms with E-state index in [0.717, 1.165) is 29.5 Å². The quantitative estimate of drug-likeness (QED) is 0.488. The Bertz CT molecular complexity index is 1030. The van der Waals surface area contributed by atoms with E-state index in [4.69, 9.17) is 27.9 Å². The van der Waals surface area contributed by atoms with E-state index in [9.17, 15) is 9.90 Å². The molecule has 0 bridgehead atoms. The molecule has 0 unspecified atom stereocenters. The molecule has 0 aliphatic heterocycles. The smallest absolute Gasteiger partial charge is 0.337 e. The molecule has 3 aromatic rings. The Hall–Kier alpha value is -2.24. The van der Waals surface area contributed by atoms with Gasteiger partial charge in [0.25, 0.3) is 0 Å². The van der Waals surface area contributed by atoms with Crippen molar-refractivity contribution in [3.05, 3.63) is 51.0 Å². The second-order valence-corrected chi connectivity index (χ2v) is 7.65. The van der Waals surface area contributed by atoms with Gasteiger partial charge in [0.1, 0.15) is 5.52 Å². The zero-order valence-corrected chi connectivity index (χ0v) is 17.7. The molecule has 1 N–H and O–H groups in total. The Kier molecular flexibility index (Phi) is 5.87. The Morgan fingerprint density at radius 1 is 1.25 bits per heavy atom. The van der Waals surface area contributed by atoms with Crippen LogP contribution in [0.15, 0.2) is 24.3 Å². The number of aromatic carboxylic acids is 1. The summed E-state index contributed by atoms with van der Waals surface area (Å²) in [5.41, 5.74) is 3.16. The summed E-state index contributed by atoms with van der Waals surface area (Å²) >= 11 is 12.3. The lowest BCUT2D eigenvalue weighted by Gasteiger charge is -2.16. The van der Waals surface area contributed by atoms with Crippen molar-refractivity contribution in [1.29, 1.82) is 0 Å². The molecule has 0 radical (unpaired) electrons. The number of hydrogen-bond acceptors (Lipinski definition) is 3. The lowest BCUT2D eigenvalue weighted by Crippen LogP contribution is -2.04. The van der Waals surface area contributed by atoms with E-state index in [1.54, 1.807) is 22.8 Å². The zero-order valence-electron chi connectivity index (χ0n) is 16.2. The number of halogens is 2. The van der Waals surface area contributed by atoms with Crippen molar-refractivity contribution < 1.29 is 14.6 Å². The predicted octanol–water partition coefficient (Wildman–Crippen LogP) is 6.58. The third kappa shape index (κ3) is 3.56. The summed E-state index contributed by atoms with van der Waals surface area (Å²) in [5.74, 6) is -0.272.